The highest BCUT2D eigenvalue weighted by molar-refractivity contribution is 7.86. The number of allylic oxidation sites excluding steroid dienone is 2. The van der Waals surface area contributed by atoms with Crippen molar-refractivity contribution >= 4 is 34.3 Å². The van der Waals surface area contributed by atoms with Gasteiger partial charge in [-0.1, -0.05) is 18.2 Å². The first-order valence-electron chi connectivity index (χ1n) is 8.56. The third-order valence-corrected chi connectivity index (χ3v) is 5.87. The number of alkyl halides is 3. The molecule has 0 saturated heterocycles. The lowest BCUT2D eigenvalue weighted by Gasteiger charge is -2.18. The van der Waals surface area contributed by atoms with Gasteiger partial charge in [0.05, 0.1) is 16.3 Å². The van der Waals surface area contributed by atoms with Crippen molar-refractivity contribution in [1.82, 2.24) is 0 Å². The van der Waals surface area contributed by atoms with Gasteiger partial charge in [0.1, 0.15) is 5.71 Å². The summed E-state index contributed by atoms with van der Waals surface area (Å²) in [4.78, 5) is 0.605. The molecule has 0 fully saturated rings. The second-order valence-corrected chi connectivity index (χ2v) is 7.73. The molecule has 0 aliphatic carbocycles. The fourth-order valence-electron chi connectivity index (χ4n) is 2.88. The molecule has 9 heteroatoms. The summed E-state index contributed by atoms with van der Waals surface area (Å²) in [5.74, 6) is 0. The second kappa shape index (κ2) is 8.12. The minimum atomic E-state index is -4.74. The van der Waals surface area contributed by atoms with Crippen molar-refractivity contribution in [3.05, 3.63) is 71.3 Å². The SMILES string of the molecule is N=Cc1ccc(S(=O)N2CCc3cc(C(=N)/C=C\C(=N)C(F)(F)F)ccc32)cc1. The topological polar surface area (TPSA) is 91.9 Å². The number of hydrogen-bond donors (Lipinski definition) is 3. The maximum atomic E-state index is 12.9. The molecule has 0 bridgehead atoms. The van der Waals surface area contributed by atoms with E-state index < -0.39 is 22.9 Å². The van der Waals surface area contributed by atoms with Gasteiger partial charge in [-0.15, -0.1) is 0 Å². The van der Waals surface area contributed by atoms with Crippen LogP contribution in [0.4, 0.5) is 18.9 Å². The molecule has 0 radical (unpaired) electrons. The smallest absolute Gasteiger partial charge is 0.308 e. The Hall–Kier alpha value is -3.07. The van der Waals surface area contributed by atoms with E-state index in [9.17, 15) is 17.4 Å². The van der Waals surface area contributed by atoms with Gasteiger partial charge >= 0.3 is 6.18 Å². The predicted molar refractivity (Wildman–Crippen MR) is 108 cm³/mol. The van der Waals surface area contributed by atoms with E-state index in [0.717, 1.165) is 17.3 Å². The van der Waals surface area contributed by atoms with Crippen LogP contribution < -0.4 is 4.31 Å². The molecular formula is C20H17F3N4OS. The summed E-state index contributed by atoms with van der Waals surface area (Å²) in [6.07, 6.45) is -1.42. The van der Waals surface area contributed by atoms with Crippen LogP contribution in [0.1, 0.15) is 16.7 Å². The Labute approximate surface area is 168 Å². The number of nitrogens with zero attached hydrogens (tertiary/aromatic N) is 1. The van der Waals surface area contributed by atoms with Crippen LogP contribution in [-0.4, -0.2) is 34.6 Å². The normalized spacial score (nSPS) is 14.7. The number of fused-ring (bicyclic) bond motifs is 1. The van der Waals surface area contributed by atoms with Crippen LogP contribution in [0.3, 0.4) is 0 Å². The van der Waals surface area contributed by atoms with Crippen molar-refractivity contribution in [2.75, 3.05) is 10.8 Å². The van der Waals surface area contributed by atoms with E-state index in [-0.39, 0.29) is 5.71 Å². The average molecular weight is 418 g/mol. The van der Waals surface area contributed by atoms with Crippen LogP contribution in [0.5, 0.6) is 0 Å². The Balaban J connectivity index is 1.78. The van der Waals surface area contributed by atoms with E-state index >= 15 is 0 Å². The summed E-state index contributed by atoms with van der Waals surface area (Å²) < 4.78 is 51.8. The zero-order valence-corrected chi connectivity index (χ0v) is 15.9. The zero-order valence-electron chi connectivity index (χ0n) is 15.1. The third kappa shape index (κ3) is 4.51. The molecule has 2 aromatic rings. The molecule has 3 rings (SSSR count). The van der Waals surface area contributed by atoms with E-state index in [1.165, 1.54) is 6.21 Å². The predicted octanol–water partition coefficient (Wildman–Crippen LogP) is 4.28. The Morgan fingerprint density at radius 3 is 2.38 bits per heavy atom. The van der Waals surface area contributed by atoms with Gasteiger partial charge in [0.2, 0.25) is 0 Å². The van der Waals surface area contributed by atoms with Crippen molar-refractivity contribution in [2.24, 2.45) is 0 Å². The number of benzene rings is 2. The molecule has 0 amide bonds. The molecule has 3 N–H and O–H groups in total. The van der Waals surface area contributed by atoms with E-state index in [1.54, 1.807) is 46.8 Å². The lowest BCUT2D eigenvalue weighted by Crippen LogP contribution is -2.23. The van der Waals surface area contributed by atoms with E-state index in [0.29, 0.717) is 35.1 Å². The summed E-state index contributed by atoms with van der Waals surface area (Å²) in [5.41, 5.74) is 1.10. The van der Waals surface area contributed by atoms with Crippen molar-refractivity contribution in [3.63, 3.8) is 0 Å². The summed E-state index contributed by atoms with van der Waals surface area (Å²) in [7, 11) is -1.43. The summed E-state index contributed by atoms with van der Waals surface area (Å²) in [6.45, 7) is 0.514. The standard InChI is InChI=1S/C20H17F3N4OS/c21-20(22,23)19(26)8-6-17(25)14-3-7-18-15(11-14)9-10-27(18)29(28)16-4-1-13(12-24)2-5-16/h1-8,11-12,24-26H,9-10H2/b8-6-,24-12?,25-17?,26-19?. The minimum absolute atomic E-state index is 0.136. The van der Waals surface area contributed by atoms with Crippen molar-refractivity contribution in [2.45, 2.75) is 17.5 Å². The molecule has 1 aliphatic heterocycles. The summed E-state index contributed by atoms with van der Waals surface area (Å²) >= 11 is 0. The number of rotatable bonds is 6. The van der Waals surface area contributed by atoms with Crippen LogP contribution in [0.2, 0.25) is 0 Å². The van der Waals surface area contributed by atoms with Gasteiger partial charge in [0.25, 0.3) is 0 Å². The first-order chi connectivity index (χ1) is 13.7. The van der Waals surface area contributed by atoms with Gasteiger partial charge in [-0.3, -0.25) is 9.71 Å². The van der Waals surface area contributed by atoms with Gasteiger partial charge in [-0.2, -0.15) is 13.2 Å². The molecule has 0 spiro atoms. The third-order valence-electron chi connectivity index (χ3n) is 4.41. The highest BCUT2D eigenvalue weighted by atomic mass is 32.2. The molecule has 1 heterocycles. The molecule has 2 aromatic carbocycles. The molecular weight excluding hydrogens is 401 g/mol. The fraction of sp³-hybridized carbons (Fsp3) is 0.150. The molecule has 1 atom stereocenters. The minimum Gasteiger partial charge on any atom is -0.308 e. The second-order valence-electron chi connectivity index (χ2n) is 6.32. The highest BCUT2D eigenvalue weighted by Crippen LogP contribution is 2.32. The molecule has 0 saturated carbocycles. The molecule has 1 unspecified atom stereocenters. The van der Waals surface area contributed by atoms with Crippen LogP contribution in [-0.2, 0) is 17.4 Å². The number of halogens is 3. The first kappa shape index (κ1) is 20.7. The maximum absolute atomic E-state index is 12.9. The molecule has 5 nitrogen and oxygen atoms in total. The van der Waals surface area contributed by atoms with Gasteiger partial charge in [-0.05, 0) is 59.5 Å². The lowest BCUT2D eigenvalue weighted by atomic mass is 10.0. The van der Waals surface area contributed by atoms with Crippen molar-refractivity contribution < 1.29 is 17.4 Å². The average Bonchev–Trinajstić information content (AvgIpc) is 3.13. The Morgan fingerprint density at radius 2 is 1.76 bits per heavy atom. The van der Waals surface area contributed by atoms with Crippen molar-refractivity contribution in [3.8, 4) is 0 Å². The van der Waals surface area contributed by atoms with E-state index in [1.807, 2.05) is 0 Å². The monoisotopic (exact) mass is 418 g/mol. The summed E-state index contributed by atoms with van der Waals surface area (Å²) in [6, 6.07) is 11.8. The molecule has 29 heavy (non-hydrogen) atoms. The largest absolute Gasteiger partial charge is 0.432 e. The molecule has 150 valence electrons. The van der Waals surface area contributed by atoms with Crippen LogP contribution in [0.25, 0.3) is 0 Å². The molecule has 1 aliphatic rings. The van der Waals surface area contributed by atoms with Gasteiger partial charge in [0, 0.05) is 12.8 Å². The first-order valence-corrected chi connectivity index (χ1v) is 9.67. The van der Waals surface area contributed by atoms with Gasteiger partial charge in [0.15, 0.2) is 11.0 Å². The Bertz CT molecular complexity index is 1030. The van der Waals surface area contributed by atoms with Gasteiger partial charge < -0.3 is 10.8 Å². The number of hydrogen-bond acceptors (Lipinski definition) is 4. The quantitative estimate of drug-likeness (QED) is 0.601. The van der Waals surface area contributed by atoms with Crippen LogP contribution in [0.15, 0.2) is 59.5 Å². The molecule has 0 aromatic heterocycles. The number of anilines is 1. The van der Waals surface area contributed by atoms with Crippen LogP contribution in [0, 0.1) is 16.2 Å². The number of nitrogens with one attached hydrogen (secondary N) is 3. The van der Waals surface area contributed by atoms with Crippen molar-refractivity contribution in [1.29, 1.82) is 16.2 Å². The lowest BCUT2D eigenvalue weighted by molar-refractivity contribution is -0.0584. The maximum Gasteiger partial charge on any atom is 0.432 e. The highest BCUT2D eigenvalue weighted by Gasteiger charge is 2.32. The van der Waals surface area contributed by atoms with Gasteiger partial charge in [-0.25, -0.2) is 4.21 Å². The zero-order chi connectivity index (χ0) is 21.2. The van der Waals surface area contributed by atoms with E-state index in [4.69, 9.17) is 16.2 Å². The summed E-state index contributed by atoms with van der Waals surface area (Å²) in [5, 5.41) is 22.1. The Kier molecular flexibility index (Phi) is 5.78. The van der Waals surface area contributed by atoms with E-state index in [2.05, 4.69) is 0 Å². The fourth-order valence-corrected chi connectivity index (χ4v) is 4.11. The van der Waals surface area contributed by atoms with Crippen LogP contribution >= 0.6 is 0 Å². The Morgan fingerprint density at radius 1 is 1.07 bits per heavy atom.